The Morgan fingerprint density at radius 1 is 0.656 bits per heavy atom. The number of unbranched alkanes of at least 4 members (excludes halogenated alkanes) is 11. The second kappa shape index (κ2) is 16.7. The molecule has 5 nitrogen and oxygen atoms in total. The average molecular weight is 451 g/mol. The van der Waals surface area contributed by atoms with Crippen molar-refractivity contribution < 1.29 is 24.9 Å². The second-order valence-corrected chi connectivity index (χ2v) is 8.90. The van der Waals surface area contributed by atoms with Gasteiger partial charge < -0.3 is 20.1 Å². The molecule has 0 fully saturated rings. The predicted molar refractivity (Wildman–Crippen MR) is 131 cm³/mol. The Labute approximate surface area is 195 Å². The van der Waals surface area contributed by atoms with Gasteiger partial charge in [0.25, 0.3) is 0 Å². The van der Waals surface area contributed by atoms with Crippen LogP contribution in [0.5, 0.6) is 17.2 Å². The summed E-state index contributed by atoms with van der Waals surface area (Å²) in [4.78, 5) is 12.0. The lowest BCUT2D eigenvalue weighted by molar-refractivity contribution is 0.0691. The summed E-state index contributed by atoms with van der Waals surface area (Å²) in [7, 11) is 0. The van der Waals surface area contributed by atoms with Crippen molar-refractivity contribution >= 4 is 5.97 Å². The predicted octanol–water partition coefficient (Wildman–Crippen LogP) is 7.78. The number of carboxylic acid groups (broad SMARTS) is 1. The van der Waals surface area contributed by atoms with Gasteiger partial charge in [0.05, 0.1) is 6.61 Å². The smallest absolute Gasteiger partial charge is 0.339 e. The third kappa shape index (κ3) is 9.30. The normalized spacial score (nSPS) is 11.1. The van der Waals surface area contributed by atoms with Crippen LogP contribution in [0.1, 0.15) is 132 Å². The summed E-state index contributed by atoms with van der Waals surface area (Å²) in [6.45, 7) is 6.89. The number of benzene rings is 1. The molecule has 0 aliphatic rings. The van der Waals surface area contributed by atoms with Crippen molar-refractivity contribution in [2.24, 2.45) is 0 Å². The van der Waals surface area contributed by atoms with Crippen molar-refractivity contribution in [2.45, 2.75) is 124 Å². The molecule has 0 bridgehead atoms. The monoisotopic (exact) mass is 450 g/mol. The molecule has 1 rings (SSSR count). The number of aromatic hydroxyl groups is 2. The number of phenolic OH excluding ortho intramolecular Hbond substituents is 1. The van der Waals surface area contributed by atoms with Gasteiger partial charge in [0, 0.05) is 5.56 Å². The minimum Gasteiger partial charge on any atom is -0.504 e. The highest BCUT2D eigenvalue weighted by molar-refractivity contribution is 5.95. The molecule has 0 radical (unpaired) electrons. The number of hydrogen-bond donors (Lipinski definition) is 3. The third-order valence-electron chi connectivity index (χ3n) is 6.14. The van der Waals surface area contributed by atoms with E-state index in [1.54, 1.807) is 0 Å². The maximum absolute atomic E-state index is 12.0. The molecule has 0 saturated carbocycles. The van der Waals surface area contributed by atoms with E-state index in [4.69, 9.17) is 4.74 Å². The molecule has 0 amide bonds. The van der Waals surface area contributed by atoms with Crippen LogP contribution in [0.4, 0.5) is 0 Å². The van der Waals surface area contributed by atoms with E-state index in [0.29, 0.717) is 25.0 Å². The first-order chi connectivity index (χ1) is 15.5. The van der Waals surface area contributed by atoms with Gasteiger partial charge in [-0.2, -0.15) is 0 Å². The van der Waals surface area contributed by atoms with Crippen molar-refractivity contribution in [1.82, 2.24) is 0 Å². The van der Waals surface area contributed by atoms with Gasteiger partial charge in [-0.05, 0) is 37.7 Å². The molecule has 0 unspecified atom stereocenters. The first-order valence-corrected chi connectivity index (χ1v) is 12.9. The van der Waals surface area contributed by atoms with E-state index in [0.717, 1.165) is 56.9 Å². The molecule has 0 heterocycles. The number of carbonyl (C=O) groups is 1. The molecule has 0 aliphatic carbocycles. The zero-order valence-electron chi connectivity index (χ0n) is 20.7. The molecule has 184 valence electrons. The Morgan fingerprint density at radius 2 is 1.12 bits per heavy atom. The van der Waals surface area contributed by atoms with E-state index in [1.165, 1.54) is 38.5 Å². The van der Waals surface area contributed by atoms with E-state index < -0.39 is 17.5 Å². The highest BCUT2D eigenvalue weighted by atomic mass is 16.5. The maximum Gasteiger partial charge on any atom is 0.339 e. The van der Waals surface area contributed by atoms with Crippen LogP contribution in [-0.2, 0) is 12.8 Å². The highest BCUT2D eigenvalue weighted by Crippen LogP contribution is 2.45. The molecule has 0 aliphatic heterocycles. The molecule has 1 aromatic rings. The van der Waals surface area contributed by atoms with Crippen molar-refractivity contribution in [3.8, 4) is 17.2 Å². The molecule has 5 heteroatoms. The minimum absolute atomic E-state index is 0.153. The fourth-order valence-corrected chi connectivity index (χ4v) is 4.21. The molecular weight excluding hydrogens is 404 g/mol. The topological polar surface area (TPSA) is 87.0 Å². The van der Waals surface area contributed by atoms with Gasteiger partial charge in [0.1, 0.15) is 5.56 Å². The summed E-state index contributed by atoms with van der Waals surface area (Å²) in [5.74, 6) is -1.89. The van der Waals surface area contributed by atoms with E-state index in [9.17, 15) is 20.1 Å². The lowest BCUT2D eigenvalue weighted by Gasteiger charge is -2.21. The van der Waals surface area contributed by atoms with Gasteiger partial charge in [-0.1, -0.05) is 91.4 Å². The molecular formula is C27H46O5. The van der Waals surface area contributed by atoms with E-state index >= 15 is 0 Å². The summed E-state index contributed by atoms with van der Waals surface area (Å²) in [5, 5.41) is 31.0. The minimum atomic E-state index is -1.19. The lowest BCUT2D eigenvalue weighted by Crippen LogP contribution is -2.11. The zero-order valence-corrected chi connectivity index (χ0v) is 20.7. The van der Waals surface area contributed by atoms with Crippen LogP contribution in [0.2, 0.25) is 0 Å². The summed E-state index contributed by atoms with van der Waals surface area (Å²) < 4.78 is 5.92. The van der Waals surface area contributed by atoms with Crippen LogP contribution >= 0.6 is 0 Å². The second-order valence-electron chi connectivity index (χ2n) is 8.90. The average Bonchev–Trinajstić information content (AvgIpc) is 2.77. The number of aromatic carboxylic acids is 1. The van der Waals surface area contributed by atoms with Crippen molar-refractivity contribution in [3.63, 3.8) is 0 Å². The largest absolute Gasteiger partial charge is 0.504 e. The Bertz CT molecular complexity index is 669. The summed E-state index contributed by atoms with van der Waals surface area (Å²) in [6, 6.07) is 0. The van der Waals surface area contributed by atoms with E-state index in [1.807, 2.05) is 0 Å². The van der Waals surface area contributed by atoms with Gasteiger partial charge in [-0.3, -0.25) is 0 Å². The quantitative estimate of drug-likeness (QED) is 0.148. The van der Waals surface area contributed by atoms with Gasteiger partial charge in [0.15, 0.2) is 11.5 Å². The first-order valence-electron chi connectivity index (χ1n) is 12.9. The Hall–Kier alpha value is -1.91. The van der Waals surface area contributed by atoms with E-state index in [2.05, 4.69) is 20.8 Å². The zero-order chi connectivity index (χ0) is 23.8. The Morgan fingerprint density at radius 3 is 1.62 bits per heavy atom. The Kier molecular flexibility index (Phi) is 14.7. The third-order valence-corrected chi connectivity index (χ3v) is 6.14. The van der Waals surface area contributed by atoms with Crippen LogP contribution in [0, 0.1) is 0 Å². The van der Waals surface area contributed by atoms with Gasteiger partial charge in [-0.25, -0.2) is 4.79 Å². The fraction of sp³-hybridized carbons (Fsp3) is 0.741. The number of phenols is 2. The molecule has 1 aromatic carbocycles. The van der Waals surface area contributed by atoms with E-state index in [-0.39, 0.29) is 11.3 Å². The Balaban J connectivity index is 3.14. The maximum atomic E-state index is 12.0. The SMILES string of the molecule is CCCCCCCCc1c(CCCCCCCC)c(C(=O)O)c(O)c(O)c1OCCCC. The van der Waals surface area contributed by atoms with Crippen LogP contribution in [0.15, 0.2) is 0 Å². The number of hydrogen-bond acceptors (Lipinski definition) is 4. The number of ether oxygens (including phenoxy) is 1. The standard InChI is InChI=1S/C27H46O5/c1-4-7-10-12-14-16-18-21-22(19-17-15-13-11-8-5-2)26(32-20-9-6-3)25(29)24(28)23(21)27(30)31/h28-29H,4-20H2,1-3H3,(H,30,31). The number of rotatable bonds is 19. The van der Waals surface area contributed by atoms with Crippen LogP contribution in [-0.4, -0.2) is 27.9 Å². The molecule has 0 spiro atoms. The van der Waals surface area contributed by atoms with Crippen LogP contribution in [0.3, 0.4) is 0 Å². The first kappa shape index (κ1) is 28.1. The van der Waals surface area contributed by atoms with Crippen molar-refractivity contribution in [2.75, 3.05) is 6.61 Å². The van der Waals surface area contributed by atoms with Gasteiger partial charge in [-0.15, -0.1) is 0 Å². The highest BCUT2D eigenvalue weighted by Gasteiger charge is 2.28. The molecule has 0 aromatic heterocycles. The molecule has 0 atom stereocenters. The fourth-order valence-electron chi connectivity index (χ4n) is 4.21. The summed E-state index contributed by atoms with van der Waals surface area (Å²) >= 11 is 0. The van der Waals surface area contributed by atoms with Gasteiger partial charge >= 0.3 is 5.97 Å². The van der Waals surface area contributed by atoms with Crippen LogP contribution < -0.4 is 4.74 Å². The lowest BCUT2D eigenvalue weighted by atomic mass is 9.90. The molecule has 32 heavy (non-hydrogen) atoms. The molecule has 0 saturated heterocycles. The summed E-state index contributed by atoms with van der Waals surface area (Å²) in [6.07, 6.45) is 16.4. The van der Waals surface area contributed by atoms with Crippen molar-refractivity contribution in [3.05, 3.63) is 16.7 Å². The number of carboxylic acids is 1. The van der Waals surface area contributed by atoms with Crippen LogP contribution in [0.25, 0.3) is 0 Å². The van der Waals surface area contributed by atoms with Crippen molar-refractivity contribution in [1.29, 1.82) is 0 Å². The van der Waals surface area contributed by atoms with Gasteiger partial charge in [0.2, 0.25) is 5.75 Å². The summed E-state index contributed by atoms with van der Waals surface area (Å²) in [5.41, 5.74) is 1.26. The molecule has 3 N–H and O–H groups in total.